The van der Waals surface area contributed by atoms with Crippen molar-refractivity contribution in [2.75, 3.05) is 0 Å². The summed E-state index contributed by atoms with van der Waals surface area (Å²) in [6.07, 6.45) is 0. The summed E-state index contributed by atoms with van der Waals surface area (Å²) in [5, 5.41) is 9.30. The molecule has 4 aromatic rings. The zero-order valence-corrected chi connectivity index (χ0v) is 16.7. The molecule has 0 radical (unpaired) electrons. The van der Waals surface area contributed by atoms with E-state index < -0.39 is 0 Å². The van der Waals surface area contributed by atoms with Crippen molar-refractivity contribution in [1.29, 1.82) is 0 Å². The van der Waals surface area contributed by atoms with E-state index in [1.807, 2.05) is 69.4 Å². The van der Waals surface area contributed by atoms with E-state index in [1.54, 1.807) is 0 Å². The van der Waals surface area contributed by atoms with Crippen molar-refractivity contribution in [2.45, 2.75) is 40.2 Å². The van der Waals surface area contributed by atoms with E-state index >= 15 is 0 Å². The molecule has 7 heteroatoms. The van der Waals surface area contributed by atoms with Crippen LogP contribution in [0.4, 0.5) is 0 Å². The Morgan fingerprint density at radius 2 is 1.74 bits per heavy atom. The van der Waals surface area contributed by atoms with Gasteiger partial charge in [-0.05, 0) is 65.0 Å². The van der Waals surface area contributed by atoms with E-state index in [-0.39, 0.29) is 5.60 Å². The summed E-state index contributed by atoms with van der Waals surface area (Å²) in [7, 11) is 0. The van der Waals surface area contributed by atoms with Crippen LogP contribution in [0.1, 0.15) is 32.2 Å². The van der Waals surface area contributed by atoms with Crippen LogP contribution in [0.2, 0.25) is 5.02 Å². The van der Waals surface area contributed by atoms with Gasteiger partial charge in [0.2, 0.25) is 0 Å². The molecular formula is C20H20ClN5O. The smallest absolute Gasteiger partial charge is 0.184 e. The predicted octanol–water partition coefficient (Wildman–Crippen LogP) is 4.79. The molecule has 0 aliphatic rings. The summed E-state index contributed by atoms with van der Waals surface area (Å²) in [5.74, 6) is 1.33. The van der Waals surface area contributed by atoms with Crippen LogP contribution >= 0.6 is 11.6 Å². The monoisotopic (exact) mass is 381 g/mol. The topological polar surface area (TPSA) is 65.2 Å². The first-order valence-corrected chi connectivity index (χ1v) is 9.09. The molecule has 0 fully saturated rings. The number of aryl methyl sites for hydroxylation is 2. The van der Waals surface area contributed by atoms with Crippen LogP contribution in [0.3, 0.4) is 0 Å². The molecule has 1 aromatic carbocycles. The van der Waals surface area contributed by atoms with E-state index in [9.17, 15) is 0 Å². The highest BCUT2D eigenvalue weighted by atomic mass is 35.5. The molecule has 0 N–H and O–H groups in total. The fourth-order valence-corrected chi connectivity index (χ4v) is 3.21. The second kappa shape index (κ2) is 6.16. The molecule has 4 rings (SSSR count). The van der Waals surface area contributed by atoms with Crippen LogP contribution in [0.15, 0.2) is 30.3 Å². The second-order valence-electron chi connectivity index (χ2n) is 7.53. The molecule has 0 bridgehead atoms. The van der Waals surface area contributed by atoms with Crippen LogP contribution in [0, 0.1) is 13.8 Å². The fourth-order valence-electron chi connectivity index (χ4n) is 3.00. The maximum absolute atomic E-state index is 6.51. The lowest BCUT2D eigenvalue weighted by atomic mass is 10.1. The second-order valence-corrected chi connectivity index (χ2v) is 7.94. The maximum atomic E-state index is 6.51. The normalized spacial score (nSPS) is 12.1. The molecule has 138 valence electrons. The number of ether oxygens (including phenoxy) is 1. The Hall–Kier alpha value is -2.73. The van der Waals surface area contributed by atoms with Crippen LogP contribution in [-0.4, -0.2) is 30.2 Å². The van der Waals surface area contributed by atoms with Crippen molar-refractivity contribution in [1.82, 2.24) is 24.6 Å². The third-order valence-electron chi connectivity index (χ3n) is 4.08. The Morgan fingerprint density at radius 1 is 0.963 bits per heavy atom. The van der Waals surface area contributed by atoms with Crippen LogP contribution < -0.4 is 4.74 Å². The molecule has 6 nitrogen and oxygen atoms in total. The van der Waals surface area contributed by atoms with Crippen molar-refractivity contribution in [3.8, 4) is 17.1 Å². The van der Waals surface area contributed by atoms with Gasteiger partial charge in [0.25, 0.3) is 0 Å². The highest BCUT2D eigenvalue weighted by Crippen LogP contribution is 2.33. The first kappa shape index (κ1) is 17.7. The van der Waals surface area contributed by atoms with Gasteiger partial charge in [0.05, 0.1) is 10.7 Å². The minimum atomic E-state index is -0.316. The molecule has 0 saturated carbocycles. The van der Waals surface area contributed by atoms with Crippen LogP contribution in [0.5, 0.6) is 5.75 Å². The highest BCUT2D eigenvalue weighted by molar-refractivity contribution is 6.33. The molecule has 27 heavy (non-hydrogen) atoms. The first-order valence-electron chi connectivity index (χ1n) is 8.71. The number of hydrogen-bond acceptors (Lipinski definition) is 5. The molecular weight excluding hydrogens is 362 g/mol. The Labute approximate surface area is 162 Å². The van der Waals surface area contributed by atoms with E-state index in [2.05, 4.69) is 20.2 Å². The van der Waals surface area contributed by atoms with Crippen molar-refractivity contribution in [2.24, 2.45) is 0 Å². The molecule has 0 atom stereocenters. The summed E-state index contributed by atoms with van der Waals surface area (Å²) in [5.41, 5.74) is 4.24. The molecule has 3 heterocycles. The number of aromatic nitrogens is 5. The Kier molecular flexibility index (Phi) is 4.03. The van der Waals surface area contributed by atoms with E-state index in [4.69, 9.17) is 16.3 Å². The van der Waals surface area contributed by atoms with Gasteiger partial charge < -0.3 is 4.74 Å². The molecule has 0 unspecified atom stereocenters. The van der Waals surface area contributed by atoms with Gasteiger partial charge in [-0.2, -0.15) is 0 Å². The van der Waals surface area contributed by atoms with Crippen LogP contribution in [0.25, 0.3) is 28.2 Å². The van der Waals surface area contributed by atoms with Crippen LogP contribution in [-0.2, 0) is 0 Å². The summed E-state index contributed by atoms with van der Waals surface area (Å²) >= 11 is 6.51. The number of hydrogen-bond donors (Lipinski definition) is 0. The van der Waals surface area contributed by atoms with Gasteiger partial charge >= 0.3 is 0 Å². The number of benzene rings is 1. The van der Waals surface area contributed by atoms with Gasteiger partial charge in [0.15, 0.2) is 17.1 Å². The third kappa shape index (κ3) is 3.21. The van der Waals surface area contributed by atoms with Gasteiger partial charge in [-0.25, -0.2) is 9.97 Å². The number of fused-ring (bicyclic) bond motifs is 3. The Balaban J connectivity index is 2.01. The van der Waals surface area contributed by atoms with E-state index in [1.165, 1.54) is 0 Å². The summed E-state index contributed by atoms with van der Waals surface area (Å²) in [6, 6.07) is 9.45. The van der Waals surface area contributed by atoms with Crippen molar-refractivity contribution >= 4 is 28.4 Å². The van der Waals surface area contributed by atoms with E-state index in [0.29, 0.717) is 22.1 Å². The van der Waals surface area contributed by atoms with Crippen molar-refractivity contribution < 1.29 is 4.74 Å². The standard InChI is InChI=1S/C20H20ClN5O/c1-11-6-9-16-19(22-11)26-17(12(2)23-16)24-25-18(26)14-10-13(7-8-15(14)21)27-20(3,4)5/h6-10H,1-5H3. The lowest BCUT2D eigenvalue weighted by molar-refractivity contribution is 0.131. The summed E-state index contributed by atoms with van der Waals surface area (Å²) < 4.78 is 7.90. The SMILES string of the molecule is Cc1ccc2nc(C)c3nnc(-c4cc(OC(C)(C)C)ccc4Cl)n3c2n1. The Morgan fingerprint density at radius 3 is 2.48 bits per heavy atom. The van der Waals surface area contributed by atoms with Gasteiger partial charge in [-0.3, -0.25) is 4.40 Å². The van der Waals surface area contributed by atoms with Crippen molar-refractivity contribution in [3.63, 3.8) is 0 Å². The molecule has 0 aliphatic carbocycles. The highest BCUT2D eigenvalue weighted by Gasteiger charge is 2.19. The van der Waals surface area contributed by atoms with Gasteiger partial charge in [0.1, 0.15) is 16.9 Å². The zero-order valence-electron chi connectivity index (χ0n) is 15.9. The molecule has 0 aliphatic heterocycles. The number of rotatable bonds is 2. The summed E-state index contributed by atoms with van der Waals surface area (Å²) in [6.45, 7) is 9.86. The molecule has 3 aromatic heterocycles. The average molecular weight is 382 g/mol. The van der Waals surface area contributed by atoms with Gasteiger partial charge in [-0.15, -0.1) is 10.2 Å². The first-order chi connectivity index (χ1) is 12.7. The largest absolute Gasteiger partial charge is 0.488 e. The minimum Gasteiger partial charge on any atom is -0.488 e. The molecule has 0 spiro atoms. The lowest BCUT2D eigenvalue weighted by Gasteiger charge is -2.21. The number of halogens is 1. The number of nitrogens with zero attached hydrogens (tertiary/aromatic N) is 5. The zero-order chi connectivity index (χ0) is 19.3. The minimum absolute atomic E-state index is 0.316. The molecule has 0 amide bonds. The number of pyridine rings is 1. The van der Waals surface area contributed by atoms with Crippen molar-refractivity contribution in [3.05, 3.63) is 46.7 Å². The summed E-state index contributed by atoms with van der Waals surface area (Å²) in [4.78, 5) is 9.26. The van der Waals surface area contributed by atoms with Gasteiger partial charge in [-0.1, -0.05) is 11.6 Å². The predicted molar refractivity (Wildman–Crippen MR) is 106 cm³/mol. The quantitative estimate of drug-likeness (QED) is 0.499. The van der Waals surface area contributed by atoms with Gasteiger partial charge in [0, 0.05) is 11.3 Å². The lowest BCUT2D eigenvalue weighted by Crippen LogP contribution is -2.22. The third-order valence-corrected chi connectivity index (χ3v) is 4.41. The fraction of sp³-hybridized carbons (Fsp3) is 0.300. The molecule has 0 saturated heterocycles. The maximum Gasteiger partial charge on any atom is 0.184 e. The average Bonchev–Trinajstić information content (AvgIpc) is 3.02. The van der Waals surface area contributed by atoms with E-state index in [0.717, 1.165) is 28.2 Å². The Bertz CT molecular complexity index is 1180.